The molecule has 2 N–H and O–H groups in total. The Labute approximate surface area is 105 Å². The quantitative estimate of drug-likeness (QED) is 0.852. The molecular formula is C13H18O3S. The molecule has 0 aromatic carbocycles. The second-order valence-electron chi connectivity index (χ2n) is 5.18. The highest BCUT2D eigenvalue weighted by atomic mass is 32.1. The van der Waals surface area contributed by atoms with Crippen LogP contribution in [0.25, 0.3) is 0 Å². The molecule has 4 heteroatoms. The van der Waals surface area contributed by atoms with E-state index >= 15 is 0 Å². The molecule has 2 rings (SSSR count). The second kappa shape index (κ2) is 4.42. The zero-order chi connectivity index (χ0) is 12.6. The maximum atomic E-state index is 11.2. The summed E-state index contributed by atoms with van der Waals surface area (Å²) in [4.78, 5) is 11.8. The van der Waals surface area contributed by atoms with Gasteiger partial charge in [-0.1, -0.05) is 20.3 Å². The van der Waals surface area contributed by atoms with Gasteiger partial charge in [0.2, 0.25) is 0 Å². The number of carbonyl (C=O) groups is 1. The van der Waals surface area contributed by atoms with Crippen LogP contribution in [0, 0.1) is 11.8 Å². The number of rotatable bonds is 2. The third-order valence-corrected chi connectivity index (χ3v) is 4.94. The number of hydrogen-bond acceptors (Lipinski definition) is 3. The highest BCUT2D eigenvalue weighted by Gasteiger charge is 2.43. The number of aliphatic hydroxyl groups is 1. The molecule has 1 saturated carbocycles. The molecule has 1 aromatic heterocycles. The summed E-state index contributed by atoms with van der Waals surface area (Å²) in [6, 6.07) is 1.59. The zero-order valence-corrected chi connectivity index (χ0v) is 11.0. The van der Waals surface area contributed by atoms with Crippen LogP contribution in [0.4, 0.5) is 0 Å². The minimum absolute atomic E-state index is 0.121. The number of hydrogen-bond donors (Lipinski definition) is 2. The van der Waals surface area contributed by atoms with Crippen molar-refractivity contribution >= 4 is 17.3 Å². The molecule has 0 bridgehead atoms. The lowest BCUT2D eigenvalue weighted by atomic mass is 9.71. The first-order chi connectivity index (χ1) is 7.95. The molecule has 0 amide bonds. The third-order valence-electron chi connectivity index (χ3n) is 3.86. The minimum atomic E-state index is -0.959. The topological polar surface area (TPSA) is 57.5 Å². The Morgan fingerprint density at radius 2 is 2.18 bits per heavy atom. The average molecular weight is 254 g/mol. The average Bonchev–Trinajstić information content (AvgIpc) is 2.73. The SMILES string of the molecule is CC1CCC(C)C(O)(c2sccc2C(=O)O)C1. The minimum Gasteiger partial charge on any atom is -0.478 e. The van der Waals surface area contributed by atoms with E-state index in [9.17, 15) is 9.90 Å². The fraction of sp³-hybridized carbons (Fsp3) is 0.615. The van der Waals surface area contributed by atoms with Gasteiger partial charge in [0.15, 0.2) is 0 Å². The van der Waals surface area contributed by atoms with Crippen molar-refractivity contribution in [3.63, 3.8) is 0 Å². The Bertz CT molecular complexity index is 426. The highest BCUT2D eigenvalue weighted by Crippen LogP contribution is 2.46. The largest absolute Gasteiger partial charge is 0.478 e. The summed E-state index contributed by atoms with van der Waals surface area (Å²) in [5, 5.41) is 21.7. The Balaban J connectivity index is 2.42. The van der Waals surface area contributed by atoms with E-state index in [1.54, 1.807) is 11.4 Å². The normalized spacial score (nSPS) is 33.6. The standard InChI is InChI=1S/C13H18O3S/c1-8-3-4-9(2)13(16,7-8)11-10(12(14)15)5-6-17-11/h5-6,8-9,16H,3-4,7H2,1-2H3,(H,14,15). The predicted molar refractivity (Wildman–Crippen MR) is 67.4 cm³/mol. The molecule has 3 unspecified atom stereocenters. The van der Waals surface area contributed by atoms with Crippen LogP contribution >= 0.6 is 11.3 Å². The maximum absolute atomic E-state index is 11.2. The van der Waals surface area contributed by atoms with Gasteiger partial charge in [-0.3, -0.25) is 0 Å². The van der Waals surface area contributed by atoms with E-state index in [-0.39, 0.29) is 11.5 Å². The molecule has 1 aromatic rings. The van der Waals surface area contributed by atoms with E-state index in [0.29, 0.717) is 17.2 Å². The summed E-state index contributed by atoms with van der Waals surface area (Å²) in [6.07, 6.45) is 2.72. The molecule has 0 spiro atoms. The molecule has 0 aliphatic heterocycles. The van der Waals surface area contributed by atoms with Gasteiger partial charge in [-0.25, -0.2) is 4.79 Å². The first kappa shape index (κ1) is 12.6. The van der Waals surface area contributed by atoms with Crippen LogP contribution < -0.4 is 0 Å². The van der Waals surface area contributed by atoms with Crippen LogP contribution in [-0.4, -0.2) is 16.2 Å². The van der Waals surface area contributed by atoms with Gasteiger partial charge >= 0.3 is 5.97 Å². The van der Waals surface area contributed by atoms with Crippen LogP contribution in [0.1, 0.15) is 48.3 Å². The van der Waals surface area contributed by atoms with E-state index in [1.165, 1.54) is 11.3 Å². The van der Waals surface area contributed by atoms with E-state index < -0.39 is 11.6 Å². The van der Waals surface area contributed by atoms with Crippen molar-refractivity contribution in [3.05, 3.63) is 21.9 Å². The lowest BCUT2D eigenvalue weighted by Gasteiger charge is -2.40. The van der Waals surface area contributed by atoms with Gasteiger partial charge in [-0.05, 0) is 36.1 Å². The predicted octanol–water partition coefficient (Wildman–Crippen LogP) is 3.09. The number of carboxylic acid groups (broad SMARTS) is 1. The summed E-state index contributed by atoms with van der Waals surface area (Å²) >= 11 is 1.36. The molecule has 17 heavy (non-hydrogen) atoms. The van der Waals surface area contributed by atoms with Gasteiger partial charge in [0, 0.05) is 0 Å². The van der Waals surface area contributed by atoms with E-state index in [2.05, 4.69) is 6.92 Å². The van der Waals surface area contributed by atoms with Crippen LogP contribution in [0.15, 0.2) is 11.4 Å². The third kappa shape index (κ3) is 2.11. The highest BCUT2D eigenvalue weighted by molar-refractivity contribution is 7.10. The second-order valence-corrected chi connectivity index (χ2v) is 6.10. The zero-order valence-electron chi connectivity index (χ0n) is 10.1. The van der Waals surface area contributed by atoms with Crippen molar-refractivity contribution in [3.8, 4) is 0 Å². The first-order valence-corrected chi connectivity index (χ1v) is 6.86. The molecule has 3 atom stereocenters. The molecule has 0 radical (unpaired) electrons. The van der Waals surface area contributed by atoms with Crippen molar-refractivity contribution in [2.45, 2.75) is 38.7 Å². The number of thiophene rings is 1. The van der Waals surface area contributed by atoms with Crippen LogP contribution in [0.2, 0.25) is 0 Å². The monoisotopic (exact) mass is 254 g/mol. The molecule has 0 saturated heterocycles. The lowest BCUT2D eigenvalue weighted by molar-refractivity contribution is -0.0603. The molecule has 3 nitrogen and oxygen atoms in total. The molecule has 1 aliphatic carbocycles. The van der Waals surface area contributed by atoms with Crippen molar-refractivity contribution in [1.29, 1.82) is 0 Å². The molecule has 94 valence electrons. The number of aromatic carboxylic acids is 1. The Kier molecular flexibility index (Phi) is 3.27. The van der Waals surface area contributed by atoms with Crippen molar-refractivity contribution in [2.75, 3.05) is 0 Å². The van der Waals surface area contributed by atoms with Gasteiger partial charge in [-0.15, -0.1) is 11.3 Å². The molecular weight excluding hydrogens is 236 g/mol. The summed E-state index contributed by atoms with van der Waals surface area (Å²) in [5.74, 6) is -0.379. The fourth-order valence-corrected chi connectivity index (χ4v) is 3.85. The Hall–Kier alpha value is -0.870. The van der Waals surface area contributed by atoms with Crippen molar-refractivity contribution < 1.29 is 15.0 Å². The maximum Gasteiger partial charge on any atom is 0.336 e. The molecule has 1 heterocycles. The lowest BCUT2D eigenvalue weighted by Crippen LogP contribution is -2.39. The Morgan fingerprint density at radius 3 is 2.82 bits per heavy atom. The molecule has 1 aliphatic rings. The summed E-state index contributed by atoms with van der Waals surface area (Å²) < 4.78 is 0. The van der Waals surface area contributed by atoms with Gasteiger partial charge in [0.25, 0.3) is 0 Å². The van der Waals surface area contributed by atoms with Gasteiger partial charge in [0.05, 0.1) is 10.4 Å². The smallest absolute Gasteiger partial charge is 0.336 e. The Morgan fingerprint density at radius 1 is 1.47 bits per heavy atom. The van der Waals surface area contributed by atoms with E-state index in [4.69, 9.17) is 5.11 Å². The van der Waals surface area contributed by atoms with Crippen LogP contribution in [-0.2, 0) is 5.60 Å². The van der Waals surface area contributed by atoms with Crippen molar-refractivity contribution in [2.24, 2.45) is 11.8 Å². The van der Waals surface area contributed by atoms with E-state index in [1.807, 2.05) is 6.92 Å². The summed E-state index contributed by atoms with van der Waals surface area (Å²) in [7, 11) is 0. The van der Waals surface area contributed by atoms with Gasteiger partial charge in [0.1, 0.15) is 5.60 Å². The van der Waals surface area contributed by atoms with Gasteiger partial charge in [-0.2, -0.15) is 0 Å². The first-order valence-electron chi connectivity index (χ1n) is 5.98. The van der Waals surface area contributed by atoms with Crippen LogP contribution in [0.3, 0.4) is 0 Å². The number of carboxylic acids is 1. The van der Waals surface area contributed by atoms with Gasteiger partial charge < -0.3 is 10.2 Å². The van der Waals surface area contributed by atoms with Crippen molar-refractivity contribution in [1.82, 2.24) is 0 Å². The van der Waals surface area contributed by atoms with Crippen LogP contribution in [0.5, 0.6) is 0 Å². The summed E-state index contributed by atoms with van der Waals surface area (Å²) in [6.45, 7) is 4.13. The fourth-order valence-electron chi connectivity index (χ4n) is 2.74. The summed E-state index contributed by atoms with van der Waals surface area (Å²) in [5.41, 5.74) is -0.696. The van der Waals surface area contributed by atoms with E-state index in [0.717, 1.165) is 12.8 Å². The molecule has 1 fully saturated rings.